The molecule has 1 rings (SSSR count). The van der Waals surface area contributed by atoms with E-state index in [1.165, 1.54) is 0 Å². The molecule has 1 atom stereocenters. The Labute approximate surface area is 184 Å². The molecule has 1 aliphatic rings. The van der Waals surface area contributed by atoms with Gasteiger partial charge in [-0.05, 0) is 76.9 Å². The van der Waals surface area contributed by atoms with E-state index in [0.717, 1.165) is 31.9 Å². The lowest BCUT2D eigenvalue weighted by molar-refractivity contribution is 0.0467. The zero-order chi connectivity index (χ0) is 23.4. The number of hydrogen-bond donors (Lipinski definition) is 1. The van der Waals surface area contributed by atoms with Crippen LogP contribution in [0.5, 0.6) is 0 Å². The van der Waals surface area contributed by atoms with Gasteiger partial charge in [0.25, 0.3) is 10.1 Å². The molecule has 30 heavy (non-hydrogen) atoms. The molecule has 0 unspecified atom stereocenters. The summed E-state index contributed by atoms with van der Waals surface area (Å²) in [6.45, 7) is 16.6. The minimum Gasteiger partial charge on any atom is -0.444 e. The third kappa shape index (κ3) is 10.6. The van der Waals surface area contributed by atoms with Gasteiger partial charge in [0, 0.05) is 6.10 Å². The number of carbonyl (C=O) groups is 1. The van der Waals surface area contributed by atoms with Crippen molar-refractivity contribution in [1.29, 1.82) is 0 Å². The average molecular weight is 466 g/mol. The van der Waals surface area contributed by atoms with Crippen LogP contribution in [-0.2, 0) is 23.5 Å². The number of alkyl carbamates (subject to hydrolysis) is 1. The topological polar surface area (TPSA) is 90.9 Å². The molecule has 0 heterocycles. The van der Waals surface area contributed by atoms with Gasteiger partial charge >= 0.3 is 6.09 Å². The van der Waals surface area contributed by atoms with Crippen LogP contribution in [0.25, 0.3) is 0 Å². The van der Waals surface area contributed by atoms with E-state index < -0.39 is 36.2 Å². The summed E-state index contributed by atoms with van der Waals surface area (Å²) in [5.74, 6) is 0.382. The lowest BCUT2D eigenvalue weighted by atomic mass is 9.83. The molecular weight excluding hydrogens is 422 g/mol. The van der Waals surface area contributed by atoms with Crippen molar-refractivity contribution in [1.82, 2.24) is 5.32 Å². The number of hydrogen-bond acceptors (Lipinski definition) is 6. The van der Waals surface area contributed by atoms with E-state index in [4.69, 9.17) is 13.3 Å². The highest BCUT2D eigenvalue weighted by atomic mass is 32.2. The van der Waals surface area contributed by atoms with Crippen LogP contribution in [0.2, 0.25) is 18.1 Å². The third-order valence-electron chi connectivity index (χ3n) is 5.88. The standard InChI is InChI=1S/C21H43NO6SSi/c1-20(2,3)27-19(23)22-17(15-26-29(7,24)25)14-16-10-12-18(13-11-16)28-30(8,9)21(4,5)6/h16-18H,10-15H2,1-9H3,(H,22,23)/t16?,17-,18?/m1/s1. The first kappa shape index (κ1) is 27.4. The molecule has 1 amide bonds. The highest BCUT2D eigenvalue weighted by molar-refractivity contribution is 7.85. The van der Waals surface area contributed by atoms with E-state index in [1.807, 2.05) is 0 Å². The number of rotatable bonds is 8. The van der Waals surface area contributed by atoms with Crippen molar-refractivity contribution < 1.29 is 26.6 Å². The second-order valence-corrected chi connectivity index (χ2v) is 17.5. The zero-order valence-electron chi connectivity index (χ0n) is 20.3. The highest BCUT2D eigenvalue weighted by Gasteiger charge is 2.40. The van der Waals surface area contributed by atoms with Crippen molar-refractivity contribution in [3.05, 3.63) is 0 Å². The molecule has 1 N–H and O–H groups in total. The number of ether oxygens (including phenoxy) is 1. The Morgan fingerprint density at radius 2 is 1.60 bits per heavy atom. The van der Waals surface area contributed by atoms with Gasteiger partial charge in [-0.25, -0.2) is 4.79 Å². The van der Waals surface area contributed by atoms with Crippen molar-refractivity contribution >= 4 is 24.5 Å². The Hall–Kier alpha value is -0.643. The SMILES string of the molecule is CC(C)(C)OC(=O)N[C@@H](COS(C)(=O)=O)CC1CCC(O[Si](C)(C)C(C)(C)C)CC1. The van der Waals surface area contributed by atoms with E-state index in [-0.39, 0.29) is 17.7 Å². The molecule has 7 nitrogen and oxygen atoms in total. The zero-order valence-corrected chi connectivity index (χ0v) is 22.1. The summed E-state index contributed by atoms with van der Waals surface area (Å²) < 4.78 is 39.7. The molecule has 1 fully saturated rings. The van der Waals surface area contributed by atoms with Gasteiger partial charge in [0.15, 0.2) is 8.32 Å². The molecule has 9 heteroatoms. The lowest BCUT2D eigenvalue weighted by Gasteiger charge is -2.41. The maximum atomic E-state index is 12.2. The molecule has 0 aromatic carbocycles. The molecule has 0 bridgehead atoms. The van der Waals surface area contributed by atoms with Crippen LogP contribution in [0.3, 0.4) is 0 Å². The minimum atomic E-state index is -3.58. The molecule has 1 saturated carbocycles. The Kier molecular flexibility index (Phi) is 9.42. The van der Waals surface area contributed by atoms with Gasteiger partial charge < -0.3 is 14.5 Å². The Balaban J connectivity index is 2.64. The van der Waals surface area contributed by atoms with E-state index >= 15 is 0 Å². The summed E-state index contributed by atoms with van der Waals surface area (Å²) in [6.07, 6.45) is 5.36. The van der Waals surface area contributed by atoms with Gasteiger partial charge in [0.1, 0.15) is 5.60 Å². The Morgan fingerprint density at radius 3 is 2.03 bits per heavy atom. The first-order valence-electron chi connectivity index (χ1n) is 10.9. The highest BCUT2D eigenvalue weighted by Crippen LogP contribution is 2.40. The first-order valence-corrected chi connectivity index (χ1v) is 15.6. The largest absolute Gasteiger partial charge is 0.444 e. The summed E-state index contributed by atoms with van der Waals surface area (Å²) in [5.41, 5.74) is -0.620. The van der Waals surface area contributed by atoms with Crippen LogP contribution >= 0.6 is 0 Å². The summed E-state index contributed by atoms with van der Waals surface area (Å²) in [5, 5.41) is 2.98. The molecule has 0 aliphatic heterocycles. The van der Waals surface area contributed by atoms with E-state index in [1.54, 1.807) is 20.8 Å². The molecular formula is C21H43NO6SSi. The van der Waals surface area contributed by atoms with Crippen LogP contribution in [0.4, 0.5) is 4.79 Å². The number of amides is 1. The Morgan fingerprint density at radius 1 is 1.07 bits per heavy atom. The fourth-order valence-electron chi connectivity index (χ4n) is 3.33. The molecule has 1 aliphatic carbocycles. The third-order valence-corrected chi connectivity index (χ3v) is 11.0. The second-order valence-electron chi connectivity index (χ2n) is 11.1. The van der Waals surface area contributed by atoms with Gasteiger partial charge in [-0.2, -0.15) is 8.42 Å². The molecule has 178 valence electrons. The average Bonchev–Trinajstić information content (AvgIpc) is 2.50. The molecule has 0 radical (unpaired) electrons. The first-order chi connectivity index (χ1) is 13.4. The van der Waals surface area contributed by atoms with Crippen LogP contribution in [0.15, 0.2) is 0 Å². The van der Waals surface area contributed by atoms with Gasteiger partial charge in [-0.1, -0.05) is 20.8 Å². The van der Waals surface area contributed by atoms with Crippen molar-refractivity contribution in [2.24, 2.45) is 5.92 Å². The predicted molar refractivity (Wildman–Crippen MR) is 123 cm³/mol. The Bertz CT molecular complexity index is 658. The van der Waals surface area contributed by atoms with Crippen molar-refractivity contribution in [2.45, 2.75) is 110 Å². The number of carbonyl (C=O) groups excluding carboxylic acids is 1. The van der Waals surface area contributed by atoms with Gasteiger partial charge in [-0.3, -0.25) is 4.18 Å². The maximum Gasteiger partial charge on any atom is 0.407 e. The normalized spacial score (nSPS) is 22.4. The fraction of sp³-hybridized carbons (Fsp3) is 0.952. The summed E-state index contributed by atoms with van der Waals surface area (Å²) in [4.78, 5) is 12.2. The van der Waals surface area contributed by atoms with Crippen LogP contribution in [0, 0.1) is 5.92 Å². The quantitative estimate of drug-likeness (QED) is 0.408. The molecule has 0 spiro atoms. The molecule has 0 aromatic heterocycles. The number of nitrogens with one attached hydrogen (secondary N) is 1. The minimum absolute atomic E-state index is 0.0848. The van der Waals surface area contributed by atoms with Crippen molar-refractivity contribution in [3.63, 3.8) is 0 Å². The molecule has 0 saturated heterocycles. The van der Waals surface area contributed by atoms with Crippen LogP contribution in [0.1, 0.15) is 73.6 Å². The molecule has 0 aromatic rings. The fourth-order valence-corrected chi connectivity index (χ4v) is 5.16. The summed E-state index contributed by atoms with van der Waals surface area (Å²) in [7, 11) is -5.37. The smallest absolute Gasteiger partial charge is 0.407 e. The predicted octanol–water partition coefficient (Wildman–Crippen LogP) is 4.83. The maximum absolute atomic E-state index is 12.2. The van der Waals surface area contributed by atoms with Gasteiger partial charge in [0.2, 0.25) is 0 Å². The van der Waals surface area contributed by atoms with Gasteiger partial charge in [0.05, 0.1) is 18.9 Å². The van der Waals surface area contributed by atoms with Crippen molar-refractivity contribution in [3.8, 4) is 0 Å². The van der Waals surface area contributed by atoms with Crippen LogP contribution < -0.4 is 5.32 Å². The van der Waals surface area contributed by atoms with Crippen molar-refractivity contribution in [2.75, 3.05) is 12.9 Å². The monoisotopic (exact) mass is 465 g/mol. The van der Waals surface area contributed by atoms with E-state index in [9.17, 15) is 13.2 Å². The summed E-state index contributed by atoms with van der Waals surface area (Å²) in [6, 6.07) is -0.419. The second kappa shape index (κ2) is 10.3. The van der Waals surface area contributed by atoms with E-state index in [2.05, 4.69) is 39.2 Å². The van der Waals surface area contributed by atoms with Gasteiger partial charge in [-0.15, -0.1) is 0 Å². The van der Waals surface area contributed by atoms with Crippen LogP contribution in [-0.4, -0.2) is 53.4 Å². The summed E-state index contributed by atoms with van der Waals surface area (Å²) >= 11 is 0. The van der Waals surface area contributed by atoms with E-state index in [0.29, 0.717) is 12.3 Å². The lowest BCUT2D eigenvalue weighted by Crippen LogP contribution is -2.45.